The number of nitrogens with two attached hydrogens (primary N) is 1. The Morgan fingerprint density at radius 2 is 1.82 bits per heavy atom. The quantitative estimate of drug-likeness (QED) is 0.607. The van der Waals surface area contributed by atoms with Gasteiger partial charge in [0.25, 0.3) is 0 Å². The van der Waals surface area contributed by atoms with Crippen molar-refractivity contribution in [2.45, 2.75) is 13.5 Å². The fourth-order valence-electron chi connectivity index (χ4n) is 2.96. The summed E-state index contributed by atoms with van der Waals surface area (Å²) in [6.07, 6.45) is 2.09. The summed E-state index contributed by atoms with van der Waals surface area (Å²) >= 11 is 0. The number of nitrogens with zero attached hydrogens (tertiary/aromatic N) is 2. The number of fused-ring (bicyclic) bond motifs is 2. The third-order valence-corrected chi connectivity index (χ3v) is 4.08. The van der Waals surface area contributed by atoms with Crippen LogP contribution in [0.25, 0.3) is 27.7 Å². The second kappa shape index (κ2) is 4.97. The van der Waals surface area contributed by atoms with Crippen molar-refractivity contribution in [2.75, 3.05) is 0 Å². The van der Waals surface area contributed by atoms with Gasteiger partial charge in [0.1, 0.15) is 5.65 Å². The van der Waals surface area contributed by atoms with Crippen molar-refractivity contribution in [2.24, 2.45) is 5.73 Å². The Labute approximate surface area is 129 Å². The van der Waals surface area contributed by atoms with E-state index in [1.807, 2.05) is 6.07 Å². The molecule has 0 spiro atoms. The predicted molar refractivity (Wildman–Crippen MR) is 90.8 cm³/mol. The van der Waals surface area contributed by atoms with Gasteiger partial charge in [-0.15, -0.1) is 0 Å². The van der Waals surface area contributed by atoms with Crippen LogP contribution in [0.2, 0.25) is 0 Å². The first kappa shape index (κ1) is 13.0. The molecule has 3 heteroatoms. The first-order valence-corrected chi connectivity index (χ1v) is 7.43. The number of hydrogen-bond acceptors (Lipinski definition) is 2. The van der Waals surface area contributed by atoms with Gasteiger partial charge in [0.2, 0.25) is 0 Å². The molecular weight excluding hydrogens is 270 g/mol. The molecule has 0 aliphatic carbocycles. The maximum absolute atomic E-state index is 6.00. The van der Waals surface area contributed by atoms with Crippen LogP contribution < -0.4 is 5.73 Å². The summed E-state index contributed by atoms with van der Waals surface area (Å²) in [6, 6.07) is 18.9. The largest absolute Gasteiger partial charge is 0.325 e. The van der Waals surface area contributed by atoms with Gasteiger partial charge in [0.15, 0.2) is 0 Å². The second-order valence-electron chi connectivity index (χ2n) is 5.61. The normalized spacial score (nSPS) is 11.4. The molecule has 3 nitrogen and oxygen atoms in total. The van der Waals surface area contributed by atoms with Crippen molar-refractivity contribution in [1.29, 1.82) is 0 Å². The number of imidazole rings is 1. The van der Waals surface area contributed by atoms with E-state index >= 15 is 0 Å². The number of aromatic nitrogens is 2. The van der Waals surface area contributed by atoms with E-state index in [1.54, 1.807) is 0 Å². The average Bonchev–Trinajstić information content (AvgIpc) is 2.92. The first-order valence-electron chi connectivity index (χ1n) is 7.43. The van der Waals surface area contributed by atoms with E-state index in [-0.39, 0.29) is 0 Å². The zero-order chi connectivity index (χ0) is 15.1. The molecular formula is C19H17N3. The summed E-state index contributed by atoms with van der Waals surface area (Å²) in [4.78, 5) is 4.78. The number of aryl methyl sites for hydroxylation is 1. The van der Waals surface area contributed by atoms with E-state index in [1.165, 1.54) is 16.3 Å². The van der Waals surface area contributed by atoms with Gasteiger partial charge in [0.05, 0.1) is 11.4 Å². The Morgan fingerprint density at radius 1 is 1.00 bits per heavy atom. The highest BCUT2D eigenvalue weighted by atomic mass is 15.0. The molecule has 0 atom stereocenters. The highest BCUT2D eigenvalue weighted by Gasteiger charge is 2.13. The Kier molecular flexibility index (Phi) is 2.94. The summed E-state index contributed by atoms with van der Waals surface area (Å²) in [6.45, 7) is 2.54. The minimum Gasteiger partial charge on any atom is -0.325 e. The molecule has 0 aliphatic rings. The number of hydrogen-bond donors (Lipinski definition) is 1. The van der Waals surface area contributed by atoms with Crippen LogP contribution in [0.15, 0.2) is 60.8 Å². The molecule has 108 valence electrons. The molecule has 4 aromatic rings. The predicted octanol–water partition coefficient (Wildman–Crippen LogP) is 3.92. The van der Waals surface area contributed by atoms with Gasteiger partial charge in [-0.25, -0.2) is 4.98 Å². The zero-order valence-electron chi connectivity index (χ0n) is 12.5. The summed E-state index contributed by atoms with van der Waals surface area (Å²) in [5, 5.41) is 2.45. The fraction of sp³-hybridized carbons (Fsp3) is 0.105. The summed E-state index contributed by atoms with van der Waals surface area (Å²) in [5.41, 5.74) is 11.3. The highest BCUT2D eigenvalue weighted by molar-refractivity contribution is 5.87. The molecule has 0 fully saturated rings. The molecule has 0 saturated carbocycles. The van der Waals surface area contributed by atoms with Gasteiger partial charge < -0.3 is 10.1 Å². The fourth-order valence-corrected chi connectivity index (χ4v) is 2.96. The van der Waals surface area contributed by atoms with Gasteiger partial charge >= 0.3 is 0 Å². The number of pyridine rings is 1. The summed E-state index contributed by atoms with van der Waals surface area (Å²) < 4.78 is 2.10. The van der Waals surface area contributed by atoms with Crippen LogP contribution in [0, 0.1) is 6.92 Å². The minimum atomic E-state index is 0.465. The Hall–Kier alpha value is -2.65. The lowest BCUT2D eigenvalue weighted by Gasteiger charge is -2.05. The van der Waals surface area contributed by atoms with E-state index < -0.39 is 0 Å². The minimum absolute atomic E-state index is 0.465. The van der Waals surface area contributed by atoms with Crippen LogP contribution in [-0.2, 0) is 6.54 Å². The Bertz CT molecular complexity index is 982. The molecule has 2 heterocycles. The number of rotatable bonds is 2. The third-order valence-electron chi connectivity index (χ3n) is 4.08. The molecule has 0 amide bonds. The molecule has 0 unspecified atom stereocenters. The molecule has 0 aliphatic heterocycles. The third kappa shape index (κ3) is 1.98. The van der Waals surface area contributed by atoms with Gasteiger partial charge in [-0.05, 0) is 35.4 Å². The Balaban J connectivity index is 1.98. The zero-order valence-corrected chi connectivity index (χ0v) is 12.5. The summed E-state index contributed by atoms with van der Waals surface area (Å²) in [5.74, 6) is 0. The monoisotopic (exact) mass is 287 g/mol. The summed E-state index contributed by atoms with van der Waals surface area (Å²) in [7, 11) is 0. The van der Waals surface area contributed by atoms with E-state index in [0.717, 1.165) is 22.6 Å². The van der Waals surface area contributed by atoms with Crippen LogP contribution in [-0.4, -0.2) is 9.38 Å². The maximum atomic E-state index is 6.00. The van der Waals surface area contributed by atoms with E-state index in [0.29, 0.717) is 6.54 Å². The highest BCUT2D eigenvalue weighted by Crippen LogP contribution is 2.27. The van der Waals surface area contributed by atoms with Gasteiger partial charge in [-0.2, -0.15) is 0 Å². The molecule has 0 radical (unpaired) electrons. The van der Waals surface area contributed by atoms with Gasteiger partial charge in [0, 0.05) is 18.3 Å². The lowest BCUT2D eigenvalue weighted by atomic mass is 10.0. The van der Waals surface area contributed by atoms with Crippen molar-refractivity contribution in [3.63, 3.8) is 0 Å². The smallest absolute Gasteiger partial charge is 0.137 e. The lowest BCUT2D eigenvalue weighted by molar-refractivity contribution is 0.957. The lowest BCUT2D eigenvalue weighted by Crippen LogP contribution is -2.02. The molecule has 0 bridgehead atoms. The SMILES string of the molecule is Cc1ccc2nc(-c3ccc4ccccc4c3)c(CN)n2c1. The van der Waals surface area contributed by atoms with Crippen LogP contribution in [0.4, 0.5) is 0 Å². The molecule has 0 saturated heterocycles. The maximum Gasteiger partial charge on any atom is 0.137 e. The van der Waals surface area contributed by atoms with Crippen molar-refractivity contribution in [3.8, 4) is 11.3 Å². The van der Waals surface area contributed by atoms with Gasteiger partial charge in [-0.1, -0.05) is 42.5 Å². The molecule has 2 aromatic carbocycles. The molecule has 4 rings (SSSR count). The van der Waals surface area contributed by atoms with Crippen LogP contribution in [0.1, 0.15) is 11.3 Å². The average molecular weight is 287 g/mol. The van der Waals surface area contributed by atoms with Crippen molar-refractivity contribution in [1.82, 2.24) is 9.38 Å². The van der Waals surface area contributed by atoms with E-state index in [2.05, 4.69) is 66.1 Å². The van der Waals surface area contributed by atoms with Crippen molar-refractivity contribution in [3.05, 3.63) is 72.1 Å². The molecule has 22 heavy (non-hydrogen) atoms. The van der Waals surface area contributed by atoms with Crippen molar-refractivity contribution >= 4 is 16.4 Å². The van der Waals surface area contributed by atoms with Crippen LogP contribution in [0.3, 0.4) is 0 Å². The first-order chi connectivity index (χ1) is 10.8. The standard InChI is InChI=1S/C19H17N3/c1-13-6-9-18-21-19(17(11-20)22(18)12-13)16-8-7-14-4-2-3-5-15(14)10-16/h2-10,12H,11,20H2,1H3. The number of benzene rings is 2. The van der Waals surface area contributed by atoms with Gasteiger partial charge in [-0.3, -0.25) is 0 Å². The van der Waals surface area contributed by atoms with Crippen LogP contribution in [0.5, 0.6) is 0 Å². The molecule has 2 N–H and O–H groups in total. The second-order valence-corrected chi connectivity index (χ2v) is 5.61. The topological polar surface area (TPSA) is 43.3 Å². The van der Waals surface area contributed by atoms with E-state index in [9.17, 15) is 0 Å². The van der Waals surface area contributed by atoms with Crippen molar-refractivity contribution < 1.29 is 0 Å². The van der Waals surface area contributed by atoms with E-state index in [4.69, 9.17) is 10.7 Å². The Morgan fingerprint density at radius 3 is 2.64 bits per heavy atom. The molecule has 2 aromatic heterocycles. The van der Waals surface area contributed by atoms with Crippen LogP contribution >= 0.6 is 0 Å².